The molecule has 0 spiro atoms. The second-order valence-electron chi connectivity index (χ2n) is 5.31. The summed E-state index contributed by atoms with van der Waals surface area (Å²) in [6.45, 7) is 6.41. The molecule has 1 aromatic carbocycles. The Kier molecular flexibility index (Phi) is 5.81. The Hall–Kier alpha value is -1.29. The van der Waals surface area contributed by atoms with Gasteiger partial charge in [-0.25, -0.2) is 4.39 Å². The van der Waals surface area contributed by atoms with Gasteiger partial charge in [0.25, 0.3) is 0 Å². The quantitative estimate of drug-likeness (QED) is 0.753. The number of hydrogen-bond donors (Lipinski definition) is 0. The molecule has 0 aromatic heterocycles. The molecule has 20 heavy (non-hydrogen) atoms. The van der Waals surface area contributed by atoms with Gasteiger partial charge >= 0.3 is 0 Å². The third-order valence-corrected chi connectivity index (χ3v) is 3.84. The summed E-state index contributed by atoms with van der Waals surface area (Å²) in [6.07, 6.45) is 0. The molecule has 3 nitrogen and oxygen atoms in total. The van der Waals surface area contributed by atoms with Crippen molar-refractivity contribution in [2.75, 3.05) is 19.5 Å². The minimum atomic E-state index is -0.622. The van der Waals surface area contributed by atoms with Crippen molar-refractivity contribution in [3.8, 4) is 5.75 Å². The van der Waals surface area contributed by atoms with E-state index in [2.05, 4.69) is 0 Å². The number of alkyl halides is 1. The molecule has 0 saturated carbocycles. The van der Waals surface area contributed by atoms with E-state index in [9.17, 15) is 9.18 Å². The number of rotatable bonds is 6. The molecule has 0 unspecified atom stereocenters. The molecule has 0 saturated heterocycles. The molecular formula is C15H21ClFNO2. The normalized spacial score (nSPS) is 11.3. The van der Waals surface area contributed by atoms with E-state index in [1.54, 1.807) is 30.9 Å². The number of nitrogens with zero attached hydrogens (tertiary/aromatic N) is 1. The van der Waals surface area contributed by atoms with Gasteiger partial charge in [0.2, 0.25) is 5.91 Å². The third kappa shape index (κ3) is 3.85. The van der Waals surface area contributed by atoms with Crippen LogP contribution in [0.3, 0.4) is 0 Å². The molecule has 1 amide bonds. The van der Waals surface area contributed by atoms with Crippen molar-refractivity contribution in [1.29, 1.82) is 0 Å². The van der Waals surface area contributed by atoms with Crippen LogP contribution in [0.4, 0.5) is 4.39 Å². The summed E-state index contributed by atoms with van der Waals surface area (Å²) in [6, 6.07) is 4.71. The van der Waals surface area contributed by atoms with E-state index in [0.717, 1.165) is 5.56 Å². The van der Waals surface area contributed by atoms with Gasteiger partial charge in [0.05, 0.1) is 12.5 Å². The molecule has 0 aliphatic carbocycles. The van der Waals surface area contributed by atoms with Gasteiger partial charge in [-0.3, -0.25) is 4.79 Å². The Morgan fingerprint density at radius 1 is 1.45 bits per heavy atom. The average molecular weight is 302 g/mol. The molecule has 5 heteroatoms. The van der Waals surface area contributed by atoms with Gasteiger partial charge < -0.3 is 9.64 Å². The number of amides is 1. The standard InChI is InChI=1S/C15H21ClFNO2/c1-5-18(14(19)15(2,3)10-16)9-11-6-7-13(20-4)12(17)8-11/h6-8H,5,9-10H2,1-4H3. The van der Waals surface area contributed by atoms with E-state index in [0.29, 0.717) is 13.1 Å². The minimum Gasteiger partial charge on any atom is -0.494 e. The van der Waals surface area contributed by atoms with Gasteiger partial charge in [0.1, 0.15) is 0 Å². The summed E-state index contributed by atoms with van der Waals surface area (Å²) < 4.78 is 18.5. The highest BCUT2D eigenvalue weighted by atomic mass is 35.5. The van der Waals surface area contributed by atoms with Crippen molar-refractivity contribution >= 4 is 17.5 Å². The first-order chi connectivity index (χ1) is 9.35. The number of carbonyl (C=O) groups is 1. The topological polar surface area (TPSA) is 29.5 Å². The van der Waals surface area contributed by atoms with E-state index < -0.39 is 11.2 Å². The fourth-order valence-electron chi connectivity index (χ4n) is 1.84. The summed E-state index contributed by atoms with van der Waals surface area (Å²) in [7, 11) is 1.42. The maximum Gasteiger partial charge on any atom is 0.229 e. The molecule has 0 atom stereocenters. The van der Waals surface area contributed by atoms with Crippen LogP contribution >= 0.6 is 11.6 Å². The predicted molar refractivity (Wildman–Crippen MR) is 78.5 cm³/mol. The molecule has 112 valence electrons. The Bertz CT molecular complexity index is 477. The van der Waals surface area contributed by atoms with E-state index in [1.165, 1.54) is 13.2 Å². The molecule has 0 heterocycles. The highest BCUT2D eigenvalue weighted by Gasteiger charge is 2.30. The van der Waals surface area contributed by atoms with Crippen LogP contribution in [-0.2, 0) is 11.3 Å². The molecule has 0 radical (unpaired) electrons. The van der Waals surface area contributed by atoms with E-state index in [4.69, 9.17) is 16.3 Å². The summed E-state index contributed by atoms with van der Waals surface area (Å²) >= 11 is 5.83. The van der Waals surface area contributed by atoms with Gasteiger partial charge in [-0.1, -0.05) is 6.07 Å². The highest BCUT2D eigenvalue weighted by Crippen LogP contribution is 2.23. The zero-order chi connectivity index (χ0) is 15.3. The first-order valence-electron chi connectivity index (χ1n) is 6.53. The van der Waals surface area contributed by atoms with Crippen LogP contribution in [0, 0.1) is 11.2 Å². The molecule has 0 bridgehead atoms. The van der Waals surface area contributed by atoms with Gasteiger partial charge in [0, 0.05) is 19.0 Å². The van der Waals surface area contributed by atoms with Crippen LogP contribution in [0.15, 0.2) is 18.2 Å². The number of benzene rings is 1. The average Bonchev–Trinajstić information content (AvgIpc) is 2.44. The van der Waals surface area contributed by atoms with E-state index in [1.807, 2.05) is 6.92 Å². The first kappa shape index (κ1) is 16.8. The van der Waals surface area contributed by atoms with Gasteiger partial charge in [-0.2, -0.15) is 0 Å². The third-order valence-electron chi connectivity index (χ3n) is 3.17. The Balaban J connectivity index is 2.89. The van der Waals surface area contributed by atoms with Crippen LogP contribution < -0.4 is 4.74 Å². The second kappa shape index (κ2) is 6.93. The number of carbonyl (C=O) groups excluding carboxylic acids is 1. The van der Waals surface area contributed by atoms with Crippen molar-refractivity contribution in [3.63, 3.8) is 0 Å². The lowest BCUT2D eigenvalue weighted by atomic mass is 9.94. The lowest BCUT2D eigenvalue weighted by molar-refractivity contribution is -0.139. The lowest BCUT2D eigenvalue weighted by Crippen LogP contribution is -2.41. The zero-order valence-corrected chi connectivity index (χ0v) is 13.1. The monoisotopic (exact) mass is 301 g/mol. The molecule has 0 aliphatic heterocycles. The smallest absolute Gasteiger partial charge is 0.229 e. The number of hydrogen-bond acceptors (Lipinski definition) is 2. The molecular weight excluding hydrogens is 281 g/mol. The highest BCUT2D eigenvalue weighted by molar-refractivity contribution is 6.19. The van der Waals surface area contributed by atoms with Crippen LogP contribution in [0.5, 0.6) is 5.75 Å². The SMILES string of the molecule is CCN(Cc1ccc(OC)c(F)c1)C(=O)C(C)(C)CCl. The van der Waals surface area contributed by atoms with Crippen molar-refractivity contribution < 1.29 is 13.9 Å². The number of halogens is 2. The molecule has 0 aliphatic rings. The van der Waals surface area contributed by atoms with Crippen molar-refractivity contribution in [1.82, 2.24) is 4.90 Å². The maximum absolute atomic E-state index is 13.7. The van der Waals surface area contributed by atoms with Crippen molar-refractivity contribution in [2.24, 2.45) is 5.41 Å². The van der Waals surface area contributed by atoms with E-state index in [-0.39, 0.29) is 17.5 Å². The van der Waals surface area contributed by atoms with Crippen molar-refractivity contribution in [3.05, 3.63) is 29.6 Å². The van der Waals surface area contributed by atoms with Gasteiger partial charge in [-0.15, -0.1) is 11.6 Å². The molecule has 0 fully saturated rings. The van der Waals surface area contributed by atoms with Crippen LogP contribution in [0.1, 0.15) is 26.3 Å². The number of methoxy groups -OCH3 is 1. The number of ether oxygens (including phenoxy) is 1. The fraction of sp³-hybridized carbons (Fsp3) is 0.533. The predicted octanol–water partition coefficient (Wildman–Crippen LogP) is 3.45. The lowest BCUT2D eigenvalue weighted by Gasteiger charge is -2.30. The van der Waals surface area contributed by atoms with Crippen LogP contribution in [0.25, 0.3) is 0 Å². The Labute approximate surface area is 124 Å². The summed E-state index contributed by atoms with van der Waals surface area (Å²) in [4.78, 5) is 14.0. The molecule has 0 N–H and O–H groups in total. The largest absolute Gasteiger partial charge is 0.494 e. The minimum absolute atomic E-state index is 0.0359. The summed E-state index contributed by atoms with van der Waals surface area (Å²) in [5.41, 5.74) is 0.103. The van der Waals surface area contributed by atoms with Gasteiger partial charge in [0.15, 0.2) is 11.6 Å². The first-order valence-corrected chi connectivity index (χ1v) is 7.07. The van der Waals surface area contributed by atoms with Crippen LogP contribution in [0.2, 0.25) is 0 Å². The Morgan fingerprint density at radius 2 is 2.10 bits per heavy atom. The fourth-order valence-corrected chi connectivity index (χ4v) is 1.96. The summed E-state index contributed by atoms with van der Waals surface area (Å²) in [5.74, 6) is -0.0141. The second-order valence-corrected chi connectivity index (χ2v) is 5.57. The molecule has 1 aromatic rings. The van der Waals surface area contributed by atoms with Crippen molar-refractivity contribution in [2.45, 2.75) is 27.3 Å². The maximum atomic E-state index is 13.7. The zero-order valence-electron chi connectivity index (χ0n) is 12.4. The molecule has 1 rings (SSSR count). The van der Waals surface area contributed by atoms with E-state index >= 15 is 0 Å². The summed E-state index contributed by atoms with van der Waals surface area (Å²) in [5, 5.41) is 0. The Morgan fingerprint density at radius 3 is 2.55 bits per heavy atom. The van der Waals surface area contributed by atoms with Gasteiger partial charge in [-0.05, 0) is 38.5 Å². The van der Waals surface area contributed by atoms with Crippen LogP contribution in [-0.4, -0.2) is 30.3 Å².